The van der Waals surface area contributed by atoms with Gasteiger partial charge in [0.2, 0.25) is 6.29 Å². The Labute approximate surface area is 117 Å². The van der Waals surface area contributed by atoms with Gasteiger partial charge in [-0.1, -0.05) is 18.2 Å². The zero-order chi connectivity index (χ0) is 14.8. The third-order valence-electron chi connectivity index (χ3n) is 2.20. The van der Waals surface area contributed by atoms with Crippen LogP contribution in [0.3, 0.4) is 0 Å². The second-order valence-electron chi connectivity index (χ2n) is 3.51. The molecule has 2 atom stereocenters. The van der Waals surface area contributed by atoms with Gasteiger partial charge in [0.05, 0.1) is 4.90 Å². The molecule has 0 aliphatic carbocycles. The fourth-order valence-corrected chi connectivity index (χ4v) is 2.79. The number of carbonyl (C=O) groups is 1. The Bertz CT molecular complexity index is 618. The molecule has 2 unspecified atom stereocenters. The maximum atomic E-state index is 12.0. The Hall–Kier alpha value is -1.53. The number of nitrogens with zero attached hydrogens (tertiary/aromatic N) is 1. The second-order valence-corrected chi connectivity index (χ2v) is 6.16. The van der Waals surface area contributed by atoms with Gasteiger partial charge in [0.25, 0.3) is 10.0 Å². The molecule has 110 valence electrons. The number of ether oxygens (including phenoxy) is 1. The summed E-state index contributed by atoms with van der Waals surface area (Å²) in [5, 5.41) is 0. The number of benzene rings is 1. The van der Waals surface area contributed by atoms with Crippen molar-refractivity contribution < 1.29 is 30.5 Å². The van der Waals surface area contributed by atoms with Crippen molar-refractivity contribution in [2.45, 2.75) is 11.2 Å². The maximum absolute atomic E-state index is 12.0. The molecule has 1 heterocycles. The van der Waals surface area contributed by atoms with Crippen molar-refractivity contribution in [1.82, 2.24) is 4.41 Å². The van der Waals surface area contributed by atoms with Crippen molar-refractivity contribution in [2.75, 3.05) is 6.61 Å². The zero-order valence-corrected chi connectivity index (χ0v) is 11.5. The lowest BCUT2D eigenvalue weighted by atomic mass is 10.4. The Kier molecular flexibility index (Phi) is 4.35. The molecule has 2 N–H and O–H groups in total. The summed E-state index contributed by atoms with van der Waals surface area (Å²) in [6.45, 7) is -0.280. The van der Waals surface area contributed by atoms with Crippen LogP contribution in [0.2, 0.25) is 0 Å². The van der Waals surface area contributed by atoms with Crippen LogP contribution in [0.1, 0.15) is 0 Å². The quantitative estimate of drug-likeness (QED) is 0.454. The molecule has 1 aliphatic heterocycles. The highest BCUT2D eigenvalue weighted by Gasteiger charge is 2.33. The molecule has 1 aromatic carbocycles. The number of sulfonamides is 1. The summed E-state index contributed by atoms with van der Waals surface area (Å²) < 4.78 is 48.2. The summed E-state index contributed by atoms with van der Waals surface area (Å²) in [6, 6.07) is 7.10. The van der Waals surface area contributed by atoms with Crippen molar-refractivity contribution in [3.63, 3.8) is 0 Å². The van der Waals surface area contributed by atoms with E-state index in [0.717, 1.165) is 0 Å². The van der Waals surface area contributed by atoms with Crippen molar-refractivity contribution in [1.29, 1.82) is 0 Å². The number of carbonyl (C=O) groups excluding carboxylic acids is 1. The SMILES string of the molecule is NN(C(=O)OC1COS(=O)O1)S(=O)(=O)c1ccccc1. The smallest absolute Gasteiger partial charge is 0.414 e. The molecular formula is C9H10N2O7S2. The second kappa shape index (κ2) is 5.85. The average Bonchev–Trinajstić information content (AvgIpc) is 2.84. The van der Waals surface area contributed by atoms with E-state index in [9.17, 15) is 17.4 Å². The van der Waals surface area contributed by atoms with Gasteiger partial charge in [-0.05, 0) is 12.1 Å². The third-order valence-corrected chi connectivity index (χ3v) is 4.43. The van der Waals surface area contributed by atoms with E-state index in [1.807, 2.05) is 0 Å². The zero-order valence-electron chi connectivity index (χ0n) is 9.87. The first-order valence-electron chi connectivity index (χ1n) is 5.19. The van der Waals surface area contributed by atoms with E-state index in [2.05, 4.69) is 13.1 Å². The van der Waals surface area contributed by atoms with Crippen LogP contribution in [0.5, 0.6) is 0 Å². The molecule has 1 saturated heterocycles. The van der Waals surface area contributed by atoms with E-state index >= 15 is 0 Å². The lowest BCUT2D eigenvalue weighted by molar-refractivity contribution is -0.0235. The van der Waals surface area contributed by atoms with Gasteiger partial charge >= 0.3 is 17.5 Å². The summed E-state index contributed by atoms with van der Waals surface area (Å²) >= 11 is -2.03. The van der Waals surface area contributed by atoms with Gasteiger partial charge in [0, 0.05) is 0 Å². The minimum atomic E-state index is -4.23. The van der Waals surface area contributed by atoms with E-state index in [4.69, 9.17) is 5.84 Å². The van der Waals surface area contributed by atoms with Crippen LogP contribution in [-0.4, -0.2) is 36.0 Å². The van der Waals surface area contributed by atoms with Crippen LogP contribution < -0.4 is 5.84 Å². The predicted molar refractivity (Wildman–Crippen MR) is 65.1 cm³/mol. The topological polar surface area (TPSA) is 125 Å². The highest BCUT2D eigenvalue weighted by molar-refractivity contribution is 7.89. The number of rotatable bonds is 3. The average molecular weight is 322 g/mol. The maximum Gasteiger partial charge on any atom is 0.441 e. The van der Waals surface area contributed by atoms with Crippen LogP contribution in [0.25, 0.3) is 0 Å². The summed E-state index contributed by atoms with van der Waals surface area (Å²) in [5.41, 5.74) is 0. The summed E-state index contributed by atoms with van der Waals surface area (Å²) in [5.74, 6) is 5.24. The fraction of sp³-hybridized carbons (Fsp3) is 0.222. The standard InChI is InChI=1S/C9H10N2O7S2/c10-11(9(12)17-8-6-16-19(13)18-8)20(14,15)7-4-2-1-3-5-7/h1-5,8H,6,10H2. The molecule has 0 saturated carbocycles. The van der Waals surface area contributed by atoms with Gasteiger partial charge in [0.15, 0.2) is 0 Å². The summed E-state index contributed by atoms with van der Waals surface area (Å²) in [6.07, 6.45) is -2.65. The van der Waals surface area contributed by atoms with Gasteiger partial charge in [-0.2, -0.15) is 12.6 Å². The number of hydrazine groups is 1. The van der Waals surface area contributed by atoms with Crippen molar-refractivity contribution in [2.24, 2.45) is 5.84 Å². The van der Waals surface area contributed by atoms with Crippen LogP contribution in [-0.2, 0) is 34.5 Å². The van der Waals surface area contributed by atoms with Crippen LogP contribution in [0.15, 0.2) is 35.2 Å². The highest BCUT2D eigenvalue weighted by atomic mass is 32.2. The minimum Gasteiger partial charge on any atom is -0.414 e. The molecule has 20 heavy (non-hydrogen) atoms. The monoisotopic (exact) mass is 322 g/mol. The van der Waals surface area contributed by atoms with Crippen LogP contribution >= 0.6 is 0 Å². The number of hydrogen-bond acceptors (Lipinski definition) is 8. The number of nitrogens with two attached hydrogens (primary N) is 1. The van der Waals surface area contributed by atoms with Gasteiger partial charge in [-0.25, -0.2) is 14.8 Å². The molecule has 1 fully saturated rings. The first-order valence-corrected chi connectivity index (χ1v) is 7.63. The van der Waals surface area contributed by atoms with Crippen LogP contribution in [0, 0.1) is 0 Å². The van der Waals surface area contributed by atoms with Crippen molar-refractivity contribution >= 4 is 27.5 Å². The third kappa shape index (κ3) is 3.13. The Balaban J connectivity index is 2.08. The lowest BCUT2D eigenvalue weighted by Crippen LogP contribution is -2.44. The fourth-order valence-electron chi connectivity index (χ4n) is 1.28. The molecule has 0 radical (unpaired) electrons. The van der Waals surface area contributed by atoms with E-state index in [1.165, 1.54) is 24.3 Å². The first-order chi connectivity index (χ1) is 9.41. The molecule has 0 spiro atoms. The molecule has 0 aromatic heterocycles. The molecule has 2 rings (SSSR count). The van der Waals surface area contributed by atoms with E-state index in [-0.39, 0.29) is 15.9 Å². The molecule has 1 amide bonds. The largest absolute Gasteiger partial charge is 0.441 e. The first kappa shape index (κ1) is 14.9. The molecule has 9 nitrogen and oxygen atoms in total. The molecule has 1 aliphatic rings. The van der Waals surface area contributed by atoms with Crippen LogP contribution in [0.4, 0.5) is 4.79 Å². The molecule has 0 bridgehead atoms. The van der Waals surface area contributed by atoms with Gasteiger partial charge < -0.3 is 4.74 Å². The Morgan fingerprint density at radius 1 is 1.40 bits per heavy atom. The normalized spacial score (nSPS) is 22.4. The summed E-state index contributed by atoms with van der Waals surface area (Å²) in [7, 11) is -4.23. The molecular weight excluding hydrogens is 312 g/mol. The predicted octanol–water partition coefficient (Wildman–Crippen LogP) is -0.361. The van der Waals surface area contributed by atoms with E-state index in [0.29, 0.717) is 0 Å². The lowest BCUT2D eigenvalue weighted by Gasteiger charge is -2.17. The van der Waals surface area contributed by atoms with Gasteiger partial charge in [-0.3, -0.25) is 4.18 Å². The number of hydrogen-bond donors (Lipinski definition) is 1. The molecule has 1 aromatic rings. The molecule has 11 heteroatoms. The van der Waals surface area contributed by atoms with E-state index < -0.39 is 33.8 Å². The summed E-state index contributed by atoms with van der Waals surface area (Å²) in [4.78, 5) is 11.4. The van der Waals surface area contributed by atoms with Gasteiger partial charge in [-0.15, -0.1) is 4.41 Å². The highest BCUT2D eigenvalue weighted by Crippen LogP contribution is 2.15. The Morgan fingerprint density at radius 2 is 2.05 bits per heavy atom. The minimum absolute atomic E-state index is 0.0626. The van der Waals surface area contributed by atoms with E-state index in [1.54, 1.807) is 6.07 Å². The number of amides is 1. The Morgan fingerprint density at radius 3 is 2.60 bits per heavy atom. The van der Waals surface area contributed by atoms with Crippen molar-refractivity contribution in [3.8, 4) is 0 Å². The van der Waals surface area contributed by atoms with Crippen molar-refractivity contribution in [3.05, 3.63) is 30.3 Å². The van der Waals surface area contributed by atoms with Gasteiger partial charge in [0.1, 0.15) is 6.61 Å².